The zero-order valence-corrected chi connectivity index (χ0v) is 12.6. The number of aliphatic hydroxyl groups excluding tert-OH is 2. The lowest BCUT2D eigenvalue weighted by molar-refractivity contribution is -0.120. The van der Waals surface area contributed by atoms with E-state index in [0.717, 1.165) is 15.8 Å². The van der Waals surface area contributed by atoms with Crippen LogP contribution in [0, 0.1) is 0 Å². The van der Waals surface area contributed by atoms with Gasteiger partial charge in [0, 0.05) is 10.0 Å². The van der Waals surface area contributed by atoms with E-state index in [1.165, 1.54) is 0 Å². The summed E-state index contributed by atoms with van der Waals surface area (Å²) < 4.78 is 6.42. The molecule has 0 aromatic heterocycles. The summed E-state index contributed by atoms with van der Waals surface area (Å²) in [5.74, 6) is 0.359. The Morgan fingerprint density at radius 1 is 1.45 bits per heavy atom. The Labute approximate surface area is 125 Å². The van der Waals surface area contributed by atoms with Gasteiger partial charge in [-0.05, 0) is 31.2 Å². The fourth-order valence-electron chi connectivity index (χ4n) is 1.76. The molecular weight excluding hydrogens is 326 g/mol. The van der Waals surface area contributed by atoms with Gasteiger partial charge in [0.2, 0.25) is 0 Å². The van der Waals surface area contributed by atoms with E-state index in [2.05, 4.69) is 21.2 Å². The van der Waals surface area contributed by atoms with Gasteiger partial charge in [0.1, 0.15) is 12.4 Å². The van der Waals surface area contributed by atoms with Crippen LogP contribution in [0.3, 0.4) is 0 Å². The van der Waals surface area contributed by atoms with Crippen LogP contribution < -0.4 is 10.1 Å². The highest BCUT2D eigenvalue weighted by molar-refractivity contribution is 9.10. The monoisotopic (exact) mass is 341 g/mol. The largest absolute Gasteiger partial charge is 0.488 e. The third kappa shape index (κ3) is 3.20. The van der Waals surface area contributed by atoms with Crippen molar-refractivity contribution in [2.45, 2.75) is 12.5 Å². The zero-order chi connectivity index (χ0) is 14.8. The molecule has 0 fully saturated rings. The van der Waals surface area contributed by atoms with Gasteiger partial charge in [-0.3, -0.25) is 4.79 Å². The number of carbonyl (C=O) groups excluding carboxylic acids is 1. The van der Waals surface area contributed by atoms with Gasteiger partial charge in [-0.15, -0.1) is 0 Å². The molecule has 0 saturated carbocycles. The summed E-state index contributed by atoms with van der Waals surface area (Å²) in [6.07, 6.45) is 1.74. The molecular formula is C14H16BrNO4. The smallest absolute Gasteiger partial charge is 0.251 e. The van der Waals surface area contributed by atoms with Gasteiger partial charge in [-0.1, -0.05) is 15.9 Å². The standard InChI is InChI=1S/C14H16BrNO4/c1-14(7-17,8-18)16-13(19)10-4-9-5-11(15)2-3-12(9)20-6-10/h2-5,17-18H,6-8H2,1H3,(H,16,19). The van der Waals surface area contributed by atoms with Crippen molar-refractivity contribution >= 4 is 27.9 Å². The molecule has 1 heterocycles. The first-order chi connectivity index (χ1) is 9.47. The molecule has 2 rings (SSSR count). The van der Waals surface area contributed by atoms with Crippen LogP contribution in [-0.4, -0.2) is 41.5 Å². The van der Waals surface area contributed by atoms with Crippen molar-refractivity contribution in [2.75, 3.05) is 19.8 Å². The second-order valence-corrected chi connectivity index (χ2v) is 5.89. The van der Waals surface area contributed by atoms with Gasteiger partial charge < -0.3 is 20.3 Å². The van der Waals surface area contributed by atoms with Crippen molar-refractivity contribution in [3.8, 4) is 5.75 Å². The Kier molecular flexibility index (Phi) is 4.47. The fourth-order valence-corrected chi connectivity index (χ4v) is 2.14. The van der Waals surface area contributed by atoms with E-state index < -0.39 is 5.54 Å². The van der Waals surface area contributed by atoms with E-state index in [4.69, 9.17) is 4.74 Å². The molecule has 0 atom stereocenters. The van der Waals surface area contributed by atoms with Crippen molar-refractivity contribution in [1.82, 2.24) is 5.32 Å². The van der Waals surface area contributed by atoms with Gasteiger partial charge in [0.15, 0.2) is 0 Å². The van der Waals surface area contributed by atoms with E-state index in [9.17, 15) is 15.0 Å². The van der Waals surface area contributed by atoms with Gasteiger partial charge in [-0.25, -0.2) is 0 Å². The van der Waals surface area contributed by atoms with Gasteiger partial charge in [0.25, 0.3) is 5.91 Å². The molecule has 20 heavy (non-hydrogen) atoms. The maximum absolute atomic E-state index is 12.1. The molecule has 0 saturated heterocycles. The highest BCUT2D eigenvalue weighted by Gasteiger charge is 2.27. The van der Waals surface area contributed by atoms with E-state index in [1.54, 1.807) is 13.0 Å². The van der Waals surface area contributed by atoms with E-state index in [0.29, 0.717) is 5.57 Å². The Bertz CT molecular complexity index is 552. The van der Waals surface area contributed by atoms with Crippen LogP contribution in [0.15, 0.2) is 28.2 Å². The Morgan fingerprint density at radius 3 is 2.80 bits per heavy atom. The molecule has 1 aromatic rings. The second-order valence-electron chi connectivity index (χ2n) is 4.97. The molecule has 1 amide bonds. The van der Waals surface area contributed by atoms with Crippen molar-refractivity contribution in [1.29, 1.82) is 0 Å². The minimum absolute atomic E-state index is 0.160. The summed E-state index contributed by atoms with van der Waals surface area (Å²) in [7, 11) is 0. The number of ether oxygens (including phenoxy) is 1. The molecule has 5 nitrogen and oxygen atoms in total. The summed E-state index contributed by atoms with van der Waals surface area (Å²) >= 11 is 3.37. The molecule has 1 aliphatic heterocycles. The zero-order valence-electron chi connectivity index (χ0n) is 11.0. The Balaban J connectivity index is 2.20. The number of aliphatic hydroxyl groups is 2. The number of halogens is 1. The molecule has 6 heteroatoms. The van der Waals surface area contributed by atoms with E-state index >= 15 is 0 Å². The minimum Gasteiger partial charge on any atom is -0.488 e. The predicted molar refractivity (Wildman–Crippen MR) is 78.3 cm³/mol. The average molecular weight is 342 g/mol. The van der Waals surface area contributed by atoms with Gasteiger partial charge in [0.05, 0.1) is 24.3 Å². The second kappa shape index (κ2) is 5.95. The minimum atomic E-state index is -1.05. The van der Waals surface area contributed by atoms with Crippen LogP contribution in [0.25, 0.3) is 6.08 Å². The van der Waals surface area contributed by atoms with Crippen LogP contribution in [0.4, 0.5) is 0 Å². The highest BCUT2D eigenvalue weighted by atomic mass is 79.9. The molecule has 0 unspecified atom stereocenters. The van der Waals surface area contributed by atoms with Crippen LogP contribution >= 0.6 is 15.9 Å². The third-order valence-electron chi connectivity index (χ3n) is 3.09. The average Bonchev–Trinajstić information content (AvgIpc) is 2.46. The highest BCUT2D eigenvalue weighted by Crippen LogP contribution is 2.29. The van der Waals surface area contributed by atoms with Crippen LogP contribution in [-0.2, 0) is 4.79 Å². The first-order valence-corrected chi connectivity index (χ1v) is 6.94. The Hall–Kier alpha value is -1.37. The molecule has 0 aliphatic carbocycles. The number of amides is 1. The quantitative estimate of drug-likeness (QED) is 0.765. The van der Waals surface area contributed by atoms with Gasteiger partial charge >= 0.3 is 0 Å². The fraction of sp³-hybridized carbons (Fsp3) is 0.357. The number of carbonyl (C=O) groups is 1. The normalized spacial score (nSPS) is 14.1. The van der Waals surface area contributed by atoms with Crippen molar-refractivity contribution in [3.05, 3.63) is 33.8 Å². The maximum Gasteiger partial charge on any atom is 0.251 e. The van der Waals surface area contributed by atoms with Crippen molar-refractivity contribution in [2.24, 2.45) is 0 Å². The molecule has 1 aliphatic rings. The molecule has 0 bridgehead atoms. The number of rotatable bonds is 4. The van der Waals surface area contributed by atoms with Gasteiger partial charge in [-0.2, -0.15) is 0 Å². The molecule has 1 aromatic carbocycles. The van der Waals surface area contributed by atoms with Crippen LogP contribution in [0.2, 0.25) is 0 Å². The number of fused-ring (bicyclic) bond motifs is 1. The topological polar surface area (TPSA) is 78.8 Å². The number of hydrogen-bond acceptors (Lipinski definition) is 4. The first kappa shape index (κ1) is 15.0. The SMILES string of the molecule is CC(CO)(CO)NC(=O)C1=Cc2cc(Br)ccc2OC1. The maximum atomic E-state index is 12.1. The van der Waals surface area contributed by atoms with Crippen LogP contribution in [0.5, 0.6) is 5.75 Å². The number of benzene rings is 1. The first-order valence-electron chi connectivity index (χ1n) is 6.14. The lowest BCUT2D eigenvalue weighted by Crippen LogP contribution is -2.52. The summed E-state index contributed by atoms with van der Waals surface area (Å²) in [5.41, 5.74) is 0.212. The number of hydrogen-bond donors (Lipinski definition) is 3. The molecule has 0 radical (unpaired) electrons. The summed E-state index contributed by atoms with van der Waals surface area (Å²) in [5, 5.41) is 21.0. The van der Waals surface area contributed by atoms with E-state index in [1.807, 2.05) is 18.2 Å². The van der Waals surface area contributed by atoms with Crippen LogP contribution in [0.1, 0.15) is 12.5 Å². The molecule has 0 spiro atoms. The third-order valence-corrected chi connectivity index (χ3v) is 3.58. The van der Waals surface area contributed by atoms with Crippen molar-refractivity contribution in [3.63, 3.8) is 0 Å². The van der Waals surface area contributed by atoms with Crippen molar-refractivity contribution < 1.29 is 19.7 Å². The summed E-state index contributed by atoms with van der Waals surface area (Å²) in [4.78, 5) is 12.1. The molecule has 3 N–H and O–H groups in total. The summed E-state index contributed by atoms with van der Waals surface area (Å²) in [6, 6.07) is 5.56. The lowest BCUT2D eigenvalue weighted by Gasteiger charge is -2.27. The summed E-state index contributed by atoms with van der Waals surface area (Å²) in [6.45, 7) is 1.05. The predicted octanol–water partition coefficient (Wildman–Crippen LogP) is 1.08. The Morgan fingerprint density at radius 2 is 2.15 bits per heavy atom. The number of nitrogens with one attached hydrogen (secondary N) is 1. The lowest BCUT2D eigenvalue weighted by atomic mass is 10.0. The molecule has 108 valence electrons. The van der Waals surface area contributed by atoms with E-state index in [-0.39, 0.29) is 25.7 Å².